The molecule has 1 heterocycles. The van der Waals surface area contributed by atoms with Crippen LogP contribution in [0.4, 0.5) is 5.69 Å². The van der Waals surface area contributed by atoms with Gasteiger partial charge in [0.15, 0.2) is 0 Å². The third-order valence-corrected chi connectivity index (χ3v) is 2.96. The molecule has 3 heteroatoms. The Bertz CT molecular complexity index is 443. The molecule has 1 N–H and O–H groups in total. The van der Waals surface area contributed by atoms with Gasteiger partial charge in [0, 0.05) is 28.2 Å². The molecule has 0 aliphatic carbocycles. The van der Waals surface area contributed by atoms with E-state index < -0.39 is 0 Å². The van der Waals surface area contributed by atoms with Gasteiger partial charge in [0.1, 0.15) is 0 Å². The second kappa shape index (κ2) is 5.84. The third-order valence-electron chi connectivity index (χ3n) is 2.29. The Morgan fingerprint density at radius 2 is 2.12 bits per heavy atom. The molecule has 0 saturated carbocycles. The predicted octanol–water partition coefficient (Wildman–Crippen LogP) is 3.34. The molecule has 0 aliphatic rings. The van der Waals surface area contributed by atoms with Crippen LogP contribution in [0.25, 0.3) is 0 Å². The Labute approximate surface area is 109 Å². The Balaban J connectivity index is 1.85. The Morgan fingerprint density at radius 1 is 1.19 bits per heavy atom. The van der Waals surface area contributed by atoms with Crippen LogP contribution in [-0.4, -0.2) is 11.5 Å². The number of anilines is 1. The van der Waals surface area contributed by atoms with E-state index in [4.69, 9.17) is 0 Å². The smallest absolute Gasteiger partial charge is 0.0350 e. The maximum absolute atomic E-state index is 4.10. The van der Waals surface area contributed by atoms with Gasteiger partial charge in [0.25, 0.3) is 0 Å². The van der Waals surface area contributed by atoms with Crippen LogP contribution in [0.1, 0.15) is 5.56 Å². The van der Waals surface area contributed by atoms with Crippen molar-refractivity contribution in [3.8, 4) is 0 Å². The van der Waals surface area contributed by atoms with E-state index in [0.717, 1.165) is 13.0 Å². The number of hydrogen-bond acceptors (Lipinski definition) is 2. The molecule has 0 bridgehead atoms. The summed E-state index contributed by atoms with van der Waals surface area (Å²) in [4.78, 5) is 4.10. The monoisotopic (exact) mass is 324 g/mol. The lowest BCUT2D eigenvalue weighted by Gasteiger charge is -2.06. The number of nitrogens with one attached hydrogen (secondary N) is 1. The van der Waals surface area contributed by atoms with Crippen molar-refractivity contribution in [2.24, 2.45) is 0 Å². The van der Waals surface area contributed by atoms with Crippen LogP contribution in [0, 0.1) is 3.57 Å². The Hall–Kier alpha value is -1.10. The molecule has 0 amide bonds. The third kappa shape index (κ3) is 3.48. The minimum Gasteiger partial charge on any atom is -0.385 e. The van der Waals surface area contributed by atoms with Crippen molar-refractivity contribution in [1.82, 2.24) is 4.98 Å². The van der Waals surface area contributed by atoms with Crippen molar-refractivity contribution < 1.29 is 0 Å². The molecule has 0 aliphatic heterocycles. The standard InChI is InChI=1S/C13H13IN2/c14-12-4-1-5-13(9-12)16-8-6-11-3-2-7-15-10-11/h1-5,7,9-10,16H,6,8H2. The number of rotatable bonds is 4. The molecule has 2 rings (SSSR count). The first-order valence-electron chi connectivity index (χ1n) is 5.23. The van der Waals surface area contributed by atoms with Crippen LogP contribution in [0.5, 0.6) is 0 Å². The Kier molecular flexibility index (Phi) is 4.16. The largest absolute Gasteiger partial charge is 0.385 e. The number of hydrogen-bond donors (Lipinski definition) is 1. The minimum atomic E-state index is 0.936. The van der Waals surface area contributed by atoms with Crippen molar-refractivity contribution >= 4 is 28.3 Å². The SMILES string of the molecule is Ic1cccc(NCCc2cccnc2)c1. The first-order valence-corrected chi connectivity index (χ1v) is 6.31. The fraction of sp³-hybridized carbons (Fsp3) is 0.154. The molecule has 0 radical (unpaired) electrons. The van der Waals surface area contributed by atoms with E-state index in [2.05, 4.69) is 63.2 Å². The number of aromatic nitrogens is 1. The summed E-state index contributed by atoms with van der Waals surface area (Å²) in [6.07, 6.45) is 4.71. The first-order chi connectivity index (χ1) is 7.84. The summed E-state index contributed by atoms with van der Waals surface area (Å²) in [6, 6.07) is 12.5. The maximum Gasteiger partial charge on any atom is 0.0350 e. The molecule has 2 aromatic rings. The fourth-order valence-corrected chi connectivity index (χ4v) is 2.04. The van der Waals surface area contributed by atoms with E-state index in [1.165, 1.54) is 14.8 Å². The van der Waals surface area contributed by atoms with Crippen LogP contribution in [0.15, 0.2) is 48.8 Å². The van der Waals surface area contributed by atoms with Gasteiger partial charge in [0.2, 0.25) is 0 Å². The number of halogens is 1. The molecule has 0 atom stereocenters. The summed E-state index contributed by atoms with van der Waals surface area (Å²) >= 11 is 2.32. The topological polar surface area (TPSA) is 24.9 Å². The number of benzene rings is 1. The highest BCUT2D eigenvalue weighted by Gasteiger charge is 1.94. The fourth-order valence-electron chi connectivity index (χ4n) is 1.50. The highest BCUT2D eigenvalue weighted by atomic mass is 127. The van der Waals surface area contributed by atoms with Crippen LogP contribution in [0.3, 0.4) is 0 Å². The Morgan fingerprint density at radius 3 is 2.88 bits per heavy atom. The molecule has 0 spiro atoms. The summed E-state index contributed by atoms with van der Waals surface area (Å²) in [5.74, 6) is 0. The molecular formula is C13H13IN2. The average Bonchev–Trinajstić information content (AvgIpc) is 2.30. The van der Waals surface area contributed by atoms with E-state index in [9.17, 15) is 0 Å². The second-order valence-electron chi connectivity index (χ2n) is 3.55. The minimum absolute atomic E-state index is 0.936. The summed E-state index contributed by atoms with van der Waals surface area (Å²) < 4.78 is 1.25. The zero-order chi connectivity index (χ0) is 11.2. The summed E-state index contributed by atoms with van der Waals surface area (Å²) in [6.45, 7) is 0.936. The van der Waals surface area contributed by atoms with Gasteiger partial charge in [0.05, 0.1) is 0 Å². The van der Waals surface area contributed by atoms with Gasteiger partial charge in [-0.2, -0.15) is 0 Å². The molecule has 0 fully saturated rings. The van der Waals surface area contributed by atoms with Gasteiger partial charge in [-0.15, -0.1) is 0 Å². The van der Waals surface area contributed by atoms with E-state index in [0.29, 0.717) is 0 Å². The molecule has 1 aromatic carbocycles. The van der Waals surface area contributed by atoms with Crippen LogP contribution in [0.2, 0.25) is 0 Å². The van der Waals surface area contributed by atoms with Gasteiger partial charge in [-0.1, -0.05) is 12.1 Å². The lowest BCUT2D eigenvalue weighted by molar-refractivity contribution is 1.00. The molecule has 0 unspecified atom stereocenters. The van der Waals surface area contributed by atoms with Crippen molar-refractivity contribution in [3.05, 3.63) is 57.9 Å². The van der Waals surface area contributed by atoms with Gasteiger partial charge in [-0.25, -0.2) is 0 Å². The number of nitrogens with zero attached hydrogens (tertiary/aromatic N) is 1. The predicted molar refractivity (Wildman–Crippen MR) is 75.6 cm³/mol. The van der Waals surface area contributed by atoms with E-state index in [1.807, 2.05) is 12.3 Å². The molecule has 16 heavy (non-hydrogen) atoms. The zero-order valence-corrected chi connectivity index (χ0v) is 11.0. The van der Waals surface area contributed by atoms with Crippen molar-refractivity contribution in [1.29, 1.82) is 0 Å². The van der Waals surface area contributed by atoms with Crippen molar-refractivity contribution in [2.75, 3.05) is 11.9 Å². The lowest BCUT2D eigenvalue weighted by atomic mass is 10.2. The summed E-state index contributed by atoms with van der Waals surface area (Å²) in [7, 11) is 0. The second-order valence-corrected chi connectivity index (χ2v) is 4.79. The molecule has 2 nitrogen and oxygen atoms in total. The maximum atomic E-state index is 4.10. The van der Waals surface area contributed by atoms with Gasteiger partial charge in [-0.05, 0) is 58.8 Å². The van der Waals surface area contributed by atoms with Crippen LogP contribution >= 0.6 is 22.6 Å². The van der Waals surface area contributed by atoms with E-state index in [1.54, 1.807) is 6.20 Å². The first kappa shape index (κ1) is 11.4. The highest BCUT2D eigenvalue weighted by Crippen LogP contribution is 2.12. The zero-order valence-electron chi connectivity index (χ0n) is 8.86. The highest BCUT2D eigenvalue weighted by molar-refractivity contribution is 14.1. The van der Waals surface area contributed by atoms with Gasteiger partial charge < -0.3 is 5.32 Å². The van der Waals surface area contributed by atoms with Crippen molar-refractivity contribution in [3.63, 3.8) is 0 Å². The number of pyridine rings is 1. The van der Waals surface area contributed by atoms with Crippen LogP contribution < -0.4 is 5.32 Å². The average molecular weight is 324 g/mol. The van der Waals surface area contributed by atoms with Gasteiger partial charge in [-0.3, -0.25) is 4.98 Å². The normalized spacial score (nSPS) is 10.1. The van der Waals surface area contributed by atoms with E-state index >= 15 is 0 Å². The molecule has 0 saturated heterocycles. The molecule has 82 valence electrons. The van der Waals surface area contributed by atoms with E-state index in [-0.39, 0.29) is 0 Å². The lowest BCUT2D eigenvalue weighted by Crippen LogP contribution is -2.04. The van der Waals surface area contributed by atoms with Crippen LogP contribution in [-0.2, 0) is 6.42 Å². The van der Waals surface area contributed by atoms with Crippen molar-refractivity contribution in [2.45, 2.75) is 6.42 Å². The van der Waals surface area contributed by atoms with Gasteiger partial charge >= 0.3 is 0 Å². The molecule has 1 aromatic heterocycles. The quantitative estimate of drug-likeness (QED) is 0.873. The summed E-state index contributed by atoms with van der Waals surface area (Å²) in [5, 5.41) is 3.40. The molecular weight excluding hydrogens is 311 g/mol. The summed E-state index contributed by atoms with van der Waals surface area (Å²) in [5.41, 5.74) is 2.44.